The number of hydrogen-bond acceptors (Lipinski definition) is 12. The summed E-state index contributed by atoms with van der Waals surface area (Å²) in [6, 6.07) is 6.00. The number of esters is 4. The fourth-order valence-electron chi connectivity index (χ4n) is 3.33. The van der Waals surface area contributed by atoms with Gasteiger partial charge in [-0.25, -0.2) is 4.83 Å². The molecular formula is C22H28N2O11S. The number of hydrogen-bond donors (Lipinski definition) is 1. The number of sulfonamides is 1. The maximum Gasteiger partial charge on any atom is 0.303 e. The van der Waals surface area contributed by atoms with Crippen LogP contribution in [0.4, 0.5) is 0 Å². The van der Waals surface area contributed by atoms with Crippen LogP contribution in [-0.2, 0) is 52.9 Å². The molecule has 5 atom stereocenters. The zero-order chi connectivity index (χ0) is 27.0. The lowest BCUT2D eigenvalue weighted by molar-refractivity contribution is -0.240. The van der Waals surface area contributed by atoms with Crippen molar-refractivity contribution < 1.29 is 51.3 Å². The van der Waals surface area contributed by atoms with Crippen LogP contribution < -0.4 is 4.83 Å². The number of hydrazone groups is 1. The molecule has 0 aliphatic carbocycles. The molecule has 36 heavy (non-hydrogen) atoms. The molecule has 1 N–H and O–H groups in total. The zero-order valence-electron chi connectivity index (χ0n) is 20.3. The first-order valence-corrected chi connectivity index (χ1v) is 12.2. The summed E-state index contributed by atoms with van der Waals surface area (Å²) in [4.78, 5) is 48.7. The number of aryl methyl sites for hydroxylation is 1. The topological polar surface area (TPSA) is 173 Å². The van der Waals surface area contributed by atoms with Crippen molar-refractivity contribution in [3.05, 3.63) is 29.8 Å². The standard InChI is InChI=1S/C22H28N2O11S/c1-12-6-8-17(9-7-12)36(29,30)24-23-10-18-20(32-14(3)26)22(34-16(5)28)21(33-15(4)27)19(35-18)11-31-13(2)25/h6-10,18-22,24H,11H2,1-5H3/t18-,19+,20-,21+,22+/m0/s1. The maximum absolute atomic E-state index is 12.5. The Labute approximate surface area is 208 Å². The summed E-state index contributed by atoms with van der Waals surface area (Å²) in [6.45, 7) is 5.80. The van der Waals surface area contributed by atoms with Crippen molar-refractivity contribution in [3.8, 4) is 0 Å². The van der Waals surface area contributed by atoms with Gasteiger partial charge in [-0.15, -0.1) is 0 Å². The van der Waals surface area contributed by atoms with Crippen LogP contribution in [0, 0.1) is 6.92 Å². The van der Waals surface area contributed by atoms with Gasteiger partial charge >= 0.3 is 23.9 Å². The minimum absolute atomic E-state index is 0.0493. The van der Waals surface area contributed by atoms with E-state index in [1.54, 1.807) is 19.1 Å². The smallest absolute Gasteiger partial charge is 0.303 e. The summed E-state index contributed by atoms with van der Waals surface area (Å²) >= 11 is 0. The van der Waals surface area contributed by atoms with Crippen LogP contribution in [0.15, 0.2) is 34.3 Å². The monoisotopic (exact) mass is 528 g/mol. The lowest BCUT2D eigenvalue weighted by atomic mass is 9.94. The van der Waals surface area contributed by atoms with Gasteiger partial charge in [0.15, 0.2) is 18.3 Å². The fourth-order valence-corrected chi connectivity index (χ4v) is 4.12. The Hall–Kier alpha value is -3.52. The van der Waals surface area contributed by atoms with Gasteiger partial charge in [0, 0.05) is 27.7 Å². The highest BCUT2D eigenvalue weighted by Gasteiger charge is 2.51. The molecule has 0 spiro atoms. The van der Waals surface area contributed by atoms with Gasteiger partial charge in [0.1, 0.15) is 18.8 Å². The Kier molecular flexibility index (Phi) is 9.93. The molecule has 0 radical (unpaired) electrons. The van der Waals surface area contributed by atoms with Crippen molar-refractivity contribution in [3.63, 3.8) is 0 Å². The van der Waals surface area contributed by atoms with E-state index in [9.17, 15) is 27.6 Å². The van der Waals surface area contributed by atoms with E-state index in [1.807, 2.05) is 4.83 Å². The van der Waals surface area contributed by atoms with E-state index in [1.165, 1.54) is 12.1 Å². The molecule has 13 nitrogen and oxygen atoms in total. The Morgan fingerprint density at radius 3 is 1.94 bits per heavy atom. The fraction of sp³-hybridized carbons (Fsp3) is 0.500. The molecule has 1 aliphatic rings. The van der Waals surface area contributed by atoms with Crippen molar-refractivity contribution in [1.29, 1.82) is 0 Å². The van der Waals surface area contributed by atoms with E-state index < -0.39 is 71.0 Å². The van der Waals surface area contributed by atoms with Gasteiger partial charge < -0.3 is 23.7 Å². The highest BCUT2D eigenvalue weighted by molar-refractivity contribution is 7.89. The summed E-state index contributed by atoms with van der Waals surface area (Å²) in [5.41, 5.74) is 0.856. The maximum atomic E-state index is 12.5. The summed E-state index contributed by atoms with van der Waals surface area (Å²) in [6.07, 6.45) is -5.61. The van der Waals surface area contributed by atoms with Crippen molar-refractivity contribution in [2.24, 2.45) is 5.10 Å². The second-order valence-corrected chi connectivity index (χ2v) is 9.51. The van der Waals surface area contributed by atoms with Gasteiger partial charge in [0.2, 0.25) is 0 Å². The van der Waals surface area contributed by atoms with E-state index in [4.69, 9.17) is 23.7 Å². The Bertz CT molecular complexity index is 1100. The molecule has 1 saturated heterocycles. The van der Waals surface area contributed by atoms with Crippen molar-refractivity contribution in [2.45, 2.75) is 70.0 Å². The first kappa shape index (κ1) is 28.7. The van der Waals surface area contributed by atoms with Gasteiger partial charge in [0.05, 0.1) is 11.1 Å². The SMILES string of the molecule is CC(=O)OC[C@H]1O[C@@H](C=NNS(=O)(=O)c2ccc(C)cc2)[C@H](OC(C)=O)[C@@H](OC(C)=O)[C@@H]1OC(C)=O. The molecule has 2 rings (SSSR count). The molecule has 0 unspecified atom stereocenters. The minimum Gasteiger partial charge on any atom is -0.463 e. The van der Waals surface area contributed by atoms with E-state index in [2.05, 4.69) is 5.10 Å². The van der Waals surface area contributed by atoms with Crippen molar-refractivity contribution >= 4 is 40.1 Å². The molecule has 198 valence electrons. The predicted molar refractivity (Wildman–Crippen MR) is 122 cm³/mol. The average molecular weight is 529 g/mol. The molecule has 1 heterocycles. The molecule has 1 aromatic carbocycles. The van der Waals surface area contributed by atoms with Gasteiger partial charge in [-0.2, -0.15) is 13.5 Å². The lowest BCUT2D eigenvalue weighted by Crippen LogP contribution is -2.62. The number of benzene rings is 1. The number of carbonyl (C=O) groups is 4. The summed E-state index contributed by atoms with van der Waals surface area (Å²) in [5.74, 6) is -3.02. The first-order chi connectivity index (χ1) is 16.8. The van der Waals surface area contributed by atoms with Crippen LogP contribution in [0.1, 0.15) is 33.3 Å². The molecule has 14 heteroatoms. The second-order valence-electron chi connectivity index (χ2n) is 7.85. The quantitative estimate of drug-likeness (QED) is 0.203. The van der Waals surface area contributed by atoms with Crippen LogP contribution in [0.5, 0.6) is 0 Å². The van der Waals surface area contributed by atoms with Crippen LogP contribution in [-0.4, -0.2) is 75.6 Å². The molecule has 1 fully saturated rings. The highest BCUT2D eigenvalue weighted by atomic mass is 32.2. The lowest BCUT2D eigenvalue weighted by Gasteiger charge is -2.43. The largest absolute Gasteiger partial charge is 0.463 e. The van der Waals surface area contributed by atoms with Gasteiger partial charge in [-0.1, -0.05) is 17.7 Å². The van der Waals surface area contributed by atoms with Crippen LogP contribution in [0.25, 0.3) is 0 Å². The number of nitrogens with one attached hydrogen (secondary N) is 1. The molecule has 0 bridgehead atoms. The Morgan fingerprint density at radius 1 is 0.889 bits per heavy atom. The van der Waals surface area contributed by atoms with Gasteiger partial charge in [0.25, 0.3) is 10.0 Å². The summed E-state index contributed by atoms with van der Waals surface area (Å²) in [5, 5.41) is 3.72. The molecule has 1 aromatic rings. The predicted octanol–water partition coefficient (Wildman–Crippen LogP) is 0.385. The minimum atomic E-state index is -4.05. The Morgan fingerprint density at radius 2 is 1.42 bits per heavy atom. The Balaban J connectivity index is 2.40. The van der Waals surface area contributed by atoms with E-state index in [-0.39, 0.29) is 4.90 Å². The third-order valence-electron chi connectivity index (χ3n) is 4.75. The van der Waals surface area contributed by atoms with Gasteiger partial charge in [-0.05, 0) is 19.1 Å². The summed E-state index contributed by atoms with van der Waals surface area (Å²) in [7, 11) is -4.05. The average Bonchev–Trinajstić information content (AvgIpc) is 2.75. The van der Waals surface area contributed by atoms with Crippen molar-refractivity contribution in [1.82, 2.24) is 4.83 Å². The van der Waals surface area contributed by atoms with Crippen LogP contribution >= 0.6 is 0 Å². The third-order valence-corrected chi connectivity index (χ3v) is 5.99. The van der Waals surface area contributed by atoms with Crippen LogP contribution in [0.2, 0.25) is 0 Å². The zero-order valence-corrected chi connectivity index (χ0v) is 21.1. The molecule has 0 amide bonds. The number of carbonyl (C=O) groups excluding carboxylic acids is 4. The first-order valence-electron chi connectivity index (χ1n) is 10.7. The normalized spacial score (nSPS) is 24.0. The van der Waals surface area contributed by atoms with Crippen molar-refractivity contribution in [2.75, 3.05) is 6.61 Å². The third kappa shape index (κ3) is 8.30. The molecule has 0 saturated carbocycles. The second kappa shape index (κ2) is 12.4. The number of nitrogens with zero attached hydrogens (tertiary/aromatic N) is 1. The van der Waals surface area contributed by atoms with Crippen LogP contribution in [0.3, 0.4) is 0 Å². The van der Waals surface area contributed by atoms with E-state index >= 15 is 0 Å². The van der Waals surface area contributed by atoms with Gasteiger partial charge in [-0.3, -0.25) is 19.2 Å². The molecule has 1 aliphatic heterocycles. The number of ether oxygens (including phenoxy) is 5. The van der Waals surface area contributed by atoms with E-state index in [0.717, 1.165) is 39.5 Å². The number of rotatable bonds is 9. The molecule has 0 aromatic heterocycles. The highest BCUT2D eigenvalue weighted by Crippen LogP contribution is 2.28. The summed E-state index contributed by atoms with van der Waals surface area (Å²) < 4.78 is 51.7. The molecular weight excluding hydrogens is 500 g/mol. The van der Waals surface area contributed by atoms with E-state index in [0.29, 0.717) is 0 Å².